The zero-order valence-corrected chi connectivity index (χ0v) is 12.5. The fourth-order valence-electron chi connectivity index (χ4n) is 1.87. The molecule has 1 aliphatic rings. The van der Waals surface area contributed by atoms with Gasteiger partial charge in [0.05, 0.1) is 13.2 Å². The Labute approximate surface area is 121 Å². The Morgan fingerprint density at radius 2 is 2.05 bits per heavy atom. The predicted octanol–water partition coefficient (Wildman–Crippen LogP) is 2.12. The van der Waals surface area contributed by atoms with Gasteiger partial charge >= 0.3 is 0 Å². The van der Waals surface area contributed by atoms with Gasteiger partial charge in [-0.3, -0.25) is 0 Å². The summed E-state index contributed by atoms with van der Waals surface area (Å²) < 4.78 is 5.61. The summed E-state index contributed by atoms with van der Waals surface area (Å²) in [6, 6.07) is 10.3. The average Bonchev–Trinajstić information content (AvgIpc) is 3.26. The van der Waals surface area contributed by atoms with Gasteiger partial charge in [-0.15, -0.1) is 0 Å². The van der Waals surface area contributed by atoms with Gasteiger partial charge in [-0.05, 0) is 24.3 Å². The maximum absolute atomic E-state index is 5.61. The Hall–Kier alpha value is -1.55. The van der Waals surface area contributed by atoms with Gasteiger partial charge < -0.3 is 15.0 Å². The van der Waals surface area contributed by atoms with Crippen molar-refractivity contribution in [3.8, 4) is 0 Å². The van der Waals surface area contributed by atoms with E-state index >= 15 is 0 Å². The molecule has 0 heterocycles. The number of ether oxygens (including phenoxy) is 1. The summed E-state index contributed by atoms with van der Waals surface area (Å²) in [5, 5.41) is 3.33. The van der Waals surface area contributed by atoms with Crippen LogP contribution < -0.4 is 5.32 Å². The van der Waals surface area contributed by atoms with Crippen LogP contribution in [0, 0.1) is 5.92 Å². The first kappa shape index (κ1) is 14.9. The van der Waals surface area contributed by atoms with Crippen molar-refractivity contribution in [2.75, 3.05) is 33.9 Å². The van der Waals surface area contributed by atoms with E-state index in [2.05, 4.69) is 22.4 Å². The number of nitrogens with zero attached hydrogens (tertiary/aromatic N) is 2. The van der Waals surface area contributed by atoms with Gasteiger partial charge in [-0.25, -0.2) is 4.99 Å². The van der Waals surface area contributed by atoms with Crippen molar-refractivity contribution < 1.29 is 4.74 Å². The zero-order valence-electron chi connectivity index (χ0n) is 12.5. The summed E-state index contributed by atoms with van der Waals surface area (Å²) in [5.41, 5.74) is 1.22. The molecular formula is C16H25N3O. The third kappa shape index (κ3) is 5.61. The molecule has 1 aromatic rings. The third-order valence-corrected chi connectivity index (χ3v) is 3.26. The molecule has 0 spiro atoms. The Kier molecular flexibility index (Phi) is 5.87. The normalized spacial score (nSPS) is 15.2. The Balaban J connectivity index is 1.71. The summed E-state index contributed by atoms with van der Waals surface area (Å²) in [6.07, 6.45) is 2.68. The molecule has 1 saturated carbocycles. The lowest BCUT2D eigenvalue weighted by molar-refractivity contribution is 0.128. The monoisotopic (exact) mass is 275 g/mol. The SMILES string of the molecule is CN(C)C(=NCc1ccccc1)NCCOCC1CC1. The van der Waals surface area contributed by atoms with Crippen molar-refractivity contribution in [3.63, 3.8) is 0 Å². The van der Waals surface area contributed by atoms with Gasteiger partial charge in [-0.2, -0.15) is 0 Å². The molecule has 0 aliphatic heterocycles. The highest BCUT2D eigenvalue weighted by Gasteiger charge is 2.20. The number of guanidine groups is 1. The molecular weight excluding hydrogens is 250 g/mol. The first-order valence-corrected chi connectivity index (χ1v) is 7.33. The quantitative estimate of drug-likeness (QED) is 0.470. The van der Waals surface area contributed by atoms with Crippen molar-refractivity contribution in [2.24, 2.45) is 10.9 Å². The van der Waals surface area contributed by atoms with E-state index in [1.807, 2.05) is 37.2 Å². The van der Waals surface area contributed by atoms with Crippen LogP contribution in [-0.4, -0.2) is 44.7 Å². The summed E-state index contributed by atoms with van der Waals surface area (Å²) in [7, 11) is 4.00. The number of hydrogen-bond donors (Lipinski definition) is 1. The smallest absolute Gasteiger partial charge is 0.193 e. The fourth-order valence-corrected chi connectivity index (χ4v) is 1.87. The minimum atomic E-state index is 0.699. The van der Waals surface area contributed by atoms with Crippen LogP contribution in [-0.2, 0) is 11.3 Å². The molecule has 20 heavy (non-hydrogen) atoms. The van der Waals surface area contributed by atoms with Crippen molar-refractivity contribution in [2.45, 2.75) is 19.4 Å². The molecule has 1 N–H and O–H groups in total. The van der Waals surface area contributed by atoms with Crippen LogP contribution in [0.3, 0.4) is 0 Å². The molecule has 4 nitrogen and oxygen atoms in total. The second-order valence-corrected chi connectivity index (χ2v) is 5.46. The molecule has 0 unspecified atom stereocenters. The molecule has 0 radical (unpaired) electrons. The van der Waals surface area contributed by atoms with Crippen LogP contribution >= 0.6 is 0 Å². The minimum Gasteiger partial charge on any atom is -0.379 e. The van der Waals surface area contributed by atoms with E-state index in [9.17, 15) is 0 Å². The number of rotatable bonds is 7. The highest BCUT2D eigenvalue weighted by molar-refractivity contribution is 5.79. The highest BCUT2D eigenvalue weighted by atomic mass is 16.5. The largest absolute Gasteiger partial charge is 0.379 e. The van der Waals surface area contributed by atoms with Crippen LogP contribution in [0.5, 0.6) is 0 Å². The van der Waals surface area contributed by atoms with Crippen LogP contribution in [0.25, 0.3) is 0 Å². The van der Waals surface area contributed by atoms with E-state index in [4.69, 9.17) is 4.74 Å². The van der Waals surface area contributed by atoms with Crippen LogP contribution in [0.15, 0.2) is 35.3 Å². The summed E-state index contributed by atoms with van der Waals surface area (Å²) >= 11 is 0. The molecule has 0 bridgehead atoms. The van der Waals surface area contributed by atoms with Gasteiger partial charge in [-0.1, -0.05) is 30.3 Å². The van der Waals surface area contributed by atoms with Crippen molar-refractivity contribution in [3.05, 3.63) is 35.9 Å². The van der Waals surface area contributed by atoms with E-state index in [1.54, 1.807) is 0 Å². The molecule has 4 heteroatoms. The number of nitrogens with one attached hydrogen (secondary N) is 1. The molecule has 1 aliphatic carbocycles. The lowest BCUT2D eigenvalue weighted by Gasteiger charge is -2.17. The number of hydrogen-bond acceptors (Lipinski definition) is 2. The molecule has 1 fully saturated rings. The van der Waals surface area contributed by atoms with Crippen molar-refractivity contribution >= 4 is 5.96 Å². The molecule has 0 atom stereocenters. The maximum Gasteiger partial charge on any atom is 0.193 e. The Morgan fingerprint density at radius 3 is 2.70 bits per heavy atom. The van der Waals surface area contributed by atoms with Crippen LogP contribution in [0.4, 0.5) is 0 Å². The molecule has 0 amide bonds. The van der Waals surface area contributed by atoms with E-state index in [1.165, 1.54) is 18.4 Å². The van der Waals surface area contributed by atoms with E-state index in [0.29, 0.717) is 6.54 Å². The van der Waals surface area contributed by atoms with E-state index in [0.717, 1.165) is 31.6 Å². The molecule has 110 valence electrons. The van der Waals surface area contributed by atoms with Crippen molar-refractivity contribution in [1.29, 1.82) is 0 Å². The van der Waals surface area contributed by atoms with Gasteiger partial charge in [0, 0.05) is 27.2 Å². The Bertz CT molecular complexity index is 413. The fraction of sp³-hybridized carbons (Fsp3) is 0.562. The van der Waals surface area contributed by atoms with Crippen LogP contribution in [0.1, 0.15) is 18.4 Å². The second kappa shape index (κ2) is 7.90. The van der Waals surface area contributed by atoms with E-state index < -0.39 is 0 Å². The number of benzene rings is 1. The average molecular weight is 275 g/mol. The standard InChI is InChI=1S/C16H25N3O/c1-19(2)16(17-10-11-20-13-15-8-9-15)18-12-14-6-4-3-5-7-14/h3-7,15H,8-13H2,1-2H3,(H,17,18). The zero-order chi connectivity index (χ0) is 14.2. The molecule has 2 rings (SSSR count). The molecule has 1 aromatic carbocycles. The highest BCUT2D eigenvalue weighted by Crippen LogP contribution is 2.28. The number of aliphatic imine (C=N–C) groups is 1. The maximum atomic E-state index is 5.61. The van der Waals surface area contributed by atoms with Crippen molar-refractivity contribution in [1.82, 2.24) is 10.2 Å². The topological polar surface area (TPSA) is 36.9 Å². The summed E-state index contributed by atoms with van der Waals surface area (Å²) in [6.45, 7) is 3.16. The first-order valence-electron chi connectivity index (χ1n) is 7.33. The first-order chi connectivity index (χ1) is 9.75. The van der Waals surface area contributed by atoms with E-state index in [-0.39, 0.29) is 0 Å². The minimum absolute atomic E-state index is 0.699. The third-order valence-electron chi connectivity index (χ3n) is 3.26. The van der Waals surface area contributed by atoms with Gasteiger partial charge in [0.15, 0.2) is 5.96 Å². The van der Waals surface area contributed by atoms with Gasteiger partial charge in [0.2, 0.25) is 0 Å². The lowest BCUT2D eigenvalue weighted by atomic mass is 10.2. The van der Waals surface area contributed by atoms with Gasteiger partial charge in [0.25, 0.3) is 0 Å². The second-order valence-electron chi connectivity index (χ2n) is 5.46. The predicted molar refractivity (Wildman–Crippen MR) is 82.8 cm³/mol. The Morgan fingerprint density at radius 1 is 1.30 bits per heavy atom. The molecule has 0 aromatic heterocycles. The van der Waals surface area contributed by atoms with Crippen LogP contribution in [0.2, 0.25) is 0 Å². The summed E-state index contributed by atoms with van der Waals surface area (Å²) in [4.78, 5) is 6.62. The van der Waals surface area contributed by atoms with Gasteiger partial charge in [0.1, 0.15) is 0 Å². The molecule has 0 saturated heterocycles. The lowest BCUT2D eigenvalue weighted by Crippen LogP contribution is -2.38. The summed E-state index contributed by atoms with van der Waals surface area (Å²) in [5.74, 6) is 1.74.